The number of hydrogen-bond donors (Lipinski definition) is 0. The maximum Gasteiger partial charge on any atom is 0.135 e. The molecular weight excluding hydrogens is 196 g/mol. The Hall–Kier alpha value is -1.76. The molecule has 1 nitrogen and oxygen atoms in total. The lowest BCUT2D eigenvalue weighted by Gasteiger charge is -1.82. The van der Waals surface area contributed by atoms with Crippen LogP contribution in [0.25, 0.3) is 23.1 Å². The quantitative estimate of drug-likeness (QED) is 0.710. The standard InChI is InChI=1S/C13H12O.C2H6/c1-3-7-12-10(4-2)11-8-5-6-9-13(11)14-12;1-2/h3-9H,1H2,2H3;1-2H3/b10-4-,12-7+;. The van der Waals surface area contributed by atoms with Crippen molar-refractivity contribution in [3.8, 4) is 0 Å². The summed E-state index contributed by atoms with van der Waals surface area (Å²) >= 11 is 0. The Balaban J connectivity index is 0.000000606. The third kappa shape index (κ3) is 2.25. The zero-order valence-corrected chi connectivity index (χ0v) is 10.2. The van der Waals surface area contributed by atoms with Crippen LogP contribution < -0.4 is 10.6 Å². The zero-order valence-electron chi connectivity index (χ0n) is 10.2. The molecule has 2 aromatic rings. The van der Waals surface area contributed by atoms with Crippen LogP contribution in [-0.4, -0.2) is 0 Å². The first-order valence-corrected chi connectivity index (χ1v) is 5.63. The molecule has 0 atom stereocenters. The maximum absolute atomic E-state index is 5.67. The summed E-state index contributed by atoms with van der Waals surface area (Å²) < 4.78 is 5.67. The molecule has 1 heterocycles. The van der Waals surface area contributed by atoms with Crippen LogP contribution >= 0.6 is 0 Å². The molecule has 0 unspecified atom stereocenters. The summed E-state index contributed by atoms with van der Waals surface area (Å²) in [5.74, 6) is 0. The molecule has 0 saturated carbocycles. The van der Waals surface area contributed by atoms with Crippen molar-refractivity contribution in [1.29, 1.82) is 0 Å². The smallest absolute Gasteiger partial charge is 0.135 e. The van der Waals surface area contributed by atoms with Crippen molar-refractivity contribution in [3.05, 3.63) is 47.6 Å². The fourth-order valence-electron chi connectivity index (χ4n) is 1.61. The molecule has 0 aliphatic carbocycles. The van der Waals surface area contributed by atoms with E-state index in [9.17, 15) is 0 Å². The summed E-state index contributed by atoms with van der Waals surface area (Å²) in [6.45, 7) is 9.68. The summed E-state index contributed by atoms with van der Waals surface area (Å²) in [5, 5.41) is 2.30. The van der Waals surface area contributed by atoms with Crippen molar-refractivity contribution >= 4 is 23.1 Å². The molecule has 0 spiro atoms. The molecule has 0 fully saturated rings. The summed E-state index contributed by atoms with van der Waals surface area (Å²) in [4.78, 5) is 0. The Morgan fingerprint density at radius 2 is 1.88 bits per heavy atom. The fraction of sp³-hybridized carbons (Fsp3) is 0.200. The molecule has 0 amide bonds. The van der Waals surface area contributed by atoms with Gasteiger partial charge in [-0.15, -0.1) is 0 Å². The lowest BCUT2D eigenvalue weighted by Crippen LogP contribution is -2.18. The van der Waals surface area contributed by atoms with Crippen molar-refractivity contribution in [2.24, 2.45) is 0 Å². The van der Waals surface area contributed by atoms with Gasteiger partial charge < -0.3 is 4.42 Å². The van der Waals surface area contributed by atoms with Crippen molar-refractivity contribution in [1.82, 2.24) is 0 Å². The van der Waals surface area contributed by atoms with E-state index in [0.717, 1.165) is 21.6 Å². The second kappa shape index (κ2) is 5.96. The molecule has 1 heteroatoms. The van der Waals surface area contributed by atoms with E-state index in [-0.39, 0.29) is 0 Å². The highest BCUT2D eigenvalue weighted by Gasteiger charge is 1.99. The van der Waals surface area contributed by atoms with Gasteiger partial charge in [-0.25, -0.2) is 0 Å². The molecule has 0 bridgehead atoms. The van der Waals surface area contributed by atoms with Gasteiger partial charge in [-0.3, -0.25) is 0 Å². The molecule has 84 valence electrons. The second-order valence-corrected chi connectivity index (χ2v) is 3.07. The highest BCUT2D eigenvalue weighted by molar-refractivity contribution is 5.78. The van der Waals surface area contributed by atoms with Crippen LogP contribution in [-0.2, 0) is 0 Å². The third-order valence-corrected chi connectivity index (χ3v) is 2.22. The van der Waals surface area contributed by atoms with Gasteiger partial charge in [-0.05, 0) is 19.1 Å². The van der Waals surface area contributed by atoms with Crippen molar-refractivity contribution in [2.45, 2.75) is 20.8 Å². The fourth-order valence-corrected chi connectivity index (χ4v) is 1.61. The van der Waals surface area contributed by atoms with E-state index in [4.69, 9.17) is 4.42 Å². The molecule has 16 heavy (non-hydrogen) atoms. The Labute approximate surface area is 96.4 Å². The van der Waals surface area contributed by atoms with Crippen LogP contribution in [0.1, 0.15) is 20.8 Å². The minimum Gasteiger partial charge on any atom is -0.456 e. The van der Waals surface area contributed by atoms with E-state index in [1.165, 1.54) is 0 Å². The van der Waals surface area contributed by atoms with Gasteiger partial charge in [0, 0.05) is 10.6 Å². The van der Waals surface area contributed by atoms with Crippen LogP contribution in [0.5, 0.6) is 0 Å². The number of hydrogen-bond acceptors (Lipinski definition) is 1. The lowest BCUT2D eigenvalue weighted by molar-refractivity contribution is 0.575. The van der Waals surface area contributed by atoms with E-state index >= 15 is 0 Å². The number of fused-ring (bicyclic) bond motifs is 1. The van der Waals surface area contributed by atoms with Gasteiger partial charge in [0.05, 0.1) is 0 Å². The Bertz CT molecular complexity index is 573. The molecule has 1 aromatic carbocycles. The number of furan rings is 1. The summed E-state index contributed by atoms with van der Waals surface area (Å²) in [6.07, 6.45) is 5.68. The summed E-state index contributed by atoms with van der Waals surface area (Å²) in [7, 11) is 0. The van der Waals surface area contributed by atoms with Crippen LogP contribution in [0.2, 0.25) is 0 Å². The van der Waals surface area contributed by atoms with Gasteiger partial charge in [0.2, 0.25) is 0 Å². The Morgan fingerprint density at radius 1 is 1.19 bits per heavy atom. The van der Waals surface area contributed by atoms with Crippen molar-refractivity contribution < 1.29 is 4.42 Å². The SMILES string of the molecule is C=C/C=c1/oc2ccccc2/c1=C/C.CC. The predicted octanol–water partition coefficient (Wildman–Crippen LogP) is 3.23. The maximum atomic E-state index is 5.67. The molecule has 0 N–H and O–H groups in total. The lowest BCUT2D eigenvalue weighted by atomic mass is 10.2. The monoisotopic (exact) mass is 214 g/mol. The van der Waals surface area contributed by atoms with E-state index in [1.54, 1.807) is 6.08 Å². The number of benzene rings is 1. The van der Waals surface area contributed by atoms with Crippen molar-refractivity contribution in [3.63, 3.8) is 0 Å². The zero-order chi connectivity index (χ0) is 12.0. The normalized spacial score (nSPS) is 12.4. The number of para-hydroxylation sites is 1. The van der Waals surface area contributed by atoms with Crippen LogP contribution in [0.3, 0.4) is 0 Å². The number of rotatable bonds is 1. The average molecular weight is 214 g/mol. The average Bonchev–Trinajstić information content (AvgIpc) is 2.69. The minimum atomic E-state index is 0.878. The molecule has 0 radical (unpaired) electrons. The first kappa shape index (κ1) is 12.3. The second-order valence-electron chi connectivity index (χ2n) is 3.07. The highest BCUT2D eigenvalue weighted by atomic mass is 16.3. The van der Waals surface area contributed by atoms with Crippen LogP contribution in [0, 0.1) is 0 Å². The minimum absolute atomic E-state index is 0.878. The van der Waals surface area contributed by atoms with Crippen LogP contribution in [0.4, 0.5) is 0 Å². The molecule has 0 aliphatic heterocycles. The summed E-state index contributed by atoms with van der Waals surface area (Å²) in [5.41, 5.74) is 1.80. The largest absolute Gasteiger partial charge is 0.456 e. The van der Waals surface area contributed by atoms with E-state index in [2.05, 4.69) is 18.7 Å². The van der Waals surface area contributed by atoms with Gasteiger partial charge in [0.1, 0.15) is 11.0 Å². The first-order valence-electron chi connectivity index (χ1n) is 5.63. The van der Waals surface area contributed by atoms with Crippen molar-refractivity contribution in [2.75, 3.05) is 0 Å². The molecule has 2 rings (SSSR count). The Morgan fingerprint density at radius 3 is 2.50 bits per heavy atom. The van der Waals surface area contributed by atoms with E-state index in [1.807, 2.05) is 45.0 Å². The van der Waals surface area contributed by atoms with Gasteiger partial charge in [0.15, 0.2) is 0 Å². The van der Waals surface area contributed by atoms with E-state index < -0.39 is 0 Å². The number of allylic oxidation sites excluding steroid dienone is 1. The van der Waals surface area contributed by atoms with Gasteiger partial charge in [0.25, 0.3) is 0 Å². The molecule has 0 aliphatic rings. The third-order valence-electron chi connectivity index (χ3n) is 2.22. The first-order chi connectivity index (χ1) is 7.86. The van der Waals surface area contributed by atoms with Crippen LogP contribution in [0.15, 0.2) is 41.3 Å². The predicted molar refractivity (Wildman–Crippen MR) is 71.6 cm³/mol. The van der Waals surface area contributed by atoms with Gasteiger partial charge in [-0.2, -0.15) is 0 Å². The summed E-state index contributed by atoms with van der Waals surface area (Å²) in [6, 6.07) is 8.03. The topological polar surface area (TPSA) is 13.1 Å². The Kier molecular flexibility index (Phi) is 4.59. The van der Waals surface area contributed by atoms with E-state index in [0.29, 0.717) is 0 Å². The highest BCUT2D eigenvalue weighted by Crippen LogP contribution is 2.06. The molecule has 0 saturated heterocycles. The molecule has 1 aromatic heterocycles. The van der Waals surface area contributed by atoms with Gasteiger partial charge in [-0.1, -0.05) is 50.8 Å². The van der Waals surface area contributed by atoms with Gasteiger partial charge >= 0.3 is 0 Å². The molecular formula is C15H18O.